The summed E-state index contributed by atoms with van der Waals surface area (Å²) in [6, 6.07) is 10.8. The molecule has 1 atom stereocenters. The lowest BCUT2D eigenvalue weighted by Crippen LogP contribution is -2.41. The summed E-state index contributed by atoms with van der Waals surface area (Å²) in [6.07, 6.45) is -5.57. The zero-order valence-corrected chi connectivity index (χ0v) is 14.7. The molecule has 0 saturated heterocycles. The number of hydrogen-bond acceptors (Lipinski definition) is 4. The second-order valence-corrected chi connectivity index (χ2v) is 6.63. The third kappa shape index (κ3) is 5.26. The fraction of sp³-hybridized carbons (Fsp3) is 0.421. The lowest BCUT2D eigenvalue weighted by atomic mass is 10.1. The van der Waals surface area contributed by atoms with Crippen molar-refractivity contribution >= 4 is 11.6 Å². The van der Waals surface area contributed by atoms with Gasteiger partial charge in [-0.25, -0.2) is 0 Å². The van der Waals surface area contributed by atoms with Gasteiger partial charge < -0.3 is 19.3 Å². The smallest absolute Gasteiger partial charge is 0.391 e. The van der Waals surface area contributed by atoms with Gasteiger partial charge in [0.1, 0.15) is 5.76 Å². The standard InChI is InChI=1S/C19H21F3N2O3/c20-19(21,22)10-15(25)12-23-8-7-18(26)24(13-16-5-3-9-27-16)11-14-4-1-2-6-17(14)23/h1-6,9,15,25H,7-8,10-13H2. The Morgan fingerprint density at radius 3 is 2.63 bits per heavy atom. The molecule has 1 aromatic carbocycles. The van der Waals surface area contributed by atoms with E-state index in [0.717, 1.165) is 11.3 Å². The number of alkyl halides is 3. The molecular formula is C19H21F3N2O3. The van der Waals surface area contributed by atoms with E-state index in [1.165, 1.54) is 0 Å². The molecule has 2 aromatic rings. The summed E-state index contributed by atoms with van der Waals surface area (Å²) in [5, 5.41) is 9.84. The van der Waals surface area contributed by atoms with Crippen LogP contribution in [0.15, 0.2) is 47.1 Å². The van der Waals surface area contributed by atoms with Crippen LogP contribution in [0.25, 0.3) is 0 Å². The number of aliphatic hydroxyl groups excluding tert-OH is 1. The number of halogens is 3. The first kappa shape index (κ1) is 19.3. The molecule has 146 valence electrons. The van der Waals surface area contributed by atoms with Gasteiger partial charge in [0, 0.05) is 31.7 Å². The number of amides is 1. The molecule has 8 heteroatoms. The minimum absolute atomic E-state index is 0.115. The zero-order valence-electron chi connectivity index (χ0n) is 14.7. The molecule has 0 radical (unpaired) electrons. The summed E-state index contributed by atoms with van der Waals surface area (Å²) in [5.74, 6) is 0.551. The van der Waals surface area contributed by atoms with Gasteiger partial charge in [-0.1, -0.05) is 18.2 Å². The number of fused-ring (bicyclic) bond motifs is 1. The Morgan fingerprint density at radius 1 is 1.15 bits per heavy atom. The van der Waals surface area contributed by atoms with Gasteiger partial charge in [-0.2, -0.15) is 13.2 Å². The number of hydrogen-bond donors (Lipinski definition) is 1. The average Bonchev–Trinajstić information content (AvgIpc) is 3.09. The van der Waals surface area contributed by atoms with Crippen LogP contribution < -0.4 is 4.90 Å². The molecule has 1 unspecified atom stereocenters. The van der Waals surface area contributed by atoms with Crippen LogP contribution in [0.5, 0.6) is 0 Å². The number of benzene rings is 1. The number of carbonyl (C=O) groups excluding carboxylic acids is 1. The fourth-order valence-corrected chi connectivity index (χ4v) is 3.27. The van der Waals surface area contributed by atoms with Crippen molar-refractivity contribution in [2.45, 2.75) is 38.2 Å². The van der Waals surface area contributed by atoms with Crippen molar-refractivity contribution < 1.29 is 27.5 Å². The summed E-state index contributed by atoms with van der Waals surface area (Å²) in [7, 11) is 0. The Balaban J connectivity index is 1.79. The van der Waals surface area contributed by atoms with Gasteiger partial charge in [-0.3, -0.25) is 4.79 Å². The molecule has 1 amide bonds. The maximum absolute atomic E-state index is 12.6. The van der Waals surface area contributed by atoms with Crippen molar-refractivity contribution in [1.29, 1.82) is 0 Å². The minimum Gasteiger partial charge on any atom is -0.467 e. The molecule has 0 spiro atoms. The van der Waals surface area contributed by atoms with Crippen molar-refractivity contribution in [3.8, 4) is 0 Å². The van der Waals surface area contributed by atoms with Gasteiger partial charge in [0.05, 0.1) is 25.3 Å². The minimum atomic E-state index is -4.43. The van der Waals surface area contributed by atoms with Gasteiger partial charge in [0.25, 0.3) is 0 Å². The van der Waals surface area contributed by atoms with E-state index in [2.05, 4.69) is 0 Å². The third-order valence-corrected chi connectivity index (χ3v) is 4.47. The Labute approximate surface area is 155 Å². The summed E-state index contributed by atoms with van der Waals surface area (Å²) in [4.78, 5) is 15.9. The molecule has 5 nitrogen and oxygen atoms in total. The Morgan fingerprint density at radius 2 is 1.93 bits per heavy atom. The van der Waals surface area contributed by atoms with Crippen LogP contribution in [0.1, 0.15) is 24.2 Å². The number of rotatable bonds is 5. The summed E-state index contributed by atoms with van der Waals surface area (Å²) < 4.78 is 43.0. The van der Waals surface area contributed by atoms with E-state index in [9.17, 15) is 23.1 Å². The van der Waals surface area contributed by atoms with Crippen LogP contribution in [-0.2, 0) is 17.9 Å². The number of furan rings is 1. The quantitative estimate of drug-likeness (QED) is 0.862. The van der Waals surface area contributed by atoms with Gasteiger partial charge in [-0.05, 0) is 23.8 Å². The monoisotopic (exact) mass is 382 g/mol. The van der Waals surface area contributed by atoms with Crippen molar-refractivity contribution in [2.75, 3.05) is 18.0 Å². The Bertz CT molecular complexity index is 762. The SMILES string of the molecule is O=C1CCN(CC(O)CC(F)(F)F)c2ccccc2CN1Cc1ccco1. The Kier molecular flexibility index (Phi) is 5.74. The van der Waals surface area contributed by atoms with Gasteiger partial charge in [0.2, 0.25) is 5.91 Å². The summed E-state index contributed by atoms with van der Waals surface area (Å²) in [5.41, 5.74) is 1.55. The molecule has 1 aromatic heterocycles. The van der Waals surface area contributed by atoms with E-state index in [1.807, 2.05) is 12.1 Å². The Hall–Kier alpha value is -2.48. The number of aliphatic hydroxyl groups is 1. The molecule has 1 aliphatic rings. The van der Waals surface area contributed by atoms with Crippen molar-refractivity contribution in [3.63, 3.8) is 0 Å². The largest absolute Gasteiger partial charge is 0.467 e. The van der Waals surface area contributed by atoms with E-state index in [4.69, 9.17) is 4.42 Å². The van der Waals surface area contributed by atoms with E-state index in [0.29, 0.717) is 18.8 Å². The molecule has 3 rings (SSSR count). The summed E-state index contributed by atoms with van der Waals surface area (Å²) in [6.45, 7) is 0.708. The van der Waals surface area contributed by atoms with E-state index in [1.54, 1.807) is 40.3 Å². The molecule has 1 aliphatic heterocycles. The molecule has 0 aliphatic carbocycles. The predicted molar refractivity (Wildman–Crippen MR) is 92.9 cm³/mol. The molecule has 0 fully saturated rings. The second kappa shape index (κ2) is 8.04. The molecule has 27 heavy (non-hydrogen) atoms. The average molecular weight is 382 g/mol. The molecule has 0 saturated carbocycles. The number of nitrogens with zero attached hydrogens (tertiary/aromatic N) is 2. The number of β-amino-alcohol motifs (C(OH)–C–C–N with tert-alkyl or cyclic N) is 1. The molecule has 1 N–H and O–H groups in total. The van der Waals surface area contributed by atoms with Gasteiger partial charge in [0.15, 0.2) is 0 Å². The highest BCUT2D eigenvalue weighted by atomic mass is 19.4. The fourth-order valence-electron chi connectivity index (χ4n) is 3.27. The number of carbonyl (C=O) groups is 1. The first-order valence-corrected chi connectivity index (χ1v) is 8.69. The molecule has 0 bridgehead atoms. The topological polar surface area (TPSA) is 56.9 Å². The van der Waals surface area contributed by atoms with Crippen molar-refractivity contribution in [1.82, 2.24) is 4.90 Å². The highest BCUT2D eigenvalue weighted by molar-refractivity contribution is 5.78. The number of para-hydroxylation sites is 1. The normalized spacial score (nSPS) is 16.7. The van der Waals surface area contributed by atoms with Crippen molar-refractivity contribution in [3.05, 3.63) is 54.0 Å². The van der Waals surface area contributed by atoms with Crippen molar-refractivity contribution in [2.24, 2.45) is 0 Å². The highest BCUT2D eigenvalue weighted by Crippen LogP contribution is 2.28. The van der Waals surface area contributed by atoms with Crippen LogP contribution in [0.4, 0.5) is 18.9 Å². The second-order valence-electron chi connectivity index (χ2n) is 6.63. The lowest BCUT2D eigenvalue weighted by Gasteiger charge is -2.34. The van der Waals surface area contributed by atoms with Gasteiger partial charge in [-0.15, -0.1) is 0 Å². The third-order valence-electron chi connectivity index (χ3n) is 4.47. The molecular weight excluding hydrogens is 361 g/mol. The van der Waals surface area contributed by atoms with Crippen LogP contribution in [0.2, 0.25) is 0 Å². The first-order valence-electron chi connectivity index (χ1n) is 8.69. The van der Waals surface area contributed by atoms with Crippen LogP contribution in [0, 0.1) is 0 Å². The van der Waals surface area contributed by atoms with Crippen LogP contribution in [0.3, 0.4) is 0 Å². The van der Waals surface area contributed by atoms with Gasteiger partial charge >= 0.3 is 6.18 Å². The summed E-state index contributed by atoms with van der Waals surface area (Å²) >= 11 is 0. The maximum Gasteiger partial charge on any atom is 0.391 e. The maximum atomic E-state index is 12.6. The molecule has 2 heterocycles. The highest BCUT2D eigenvalue weighted by Gasteiger charge is 2.32. The predicted octanol–water partition coefficient (Wildman–Crippen LogP) is 3.33. The zero-order chi connectivity index (χ0) is 19.4. The first-order chi connectivity index (χ1) is 12.8. The number of anilines is 1. The van der Waals surface area contributed by atoms with E-state index in [-0.39, 0.29) is 25.4 Å². The lowest BCUT2D eigenvalue weighted by molar-refractivity contribution is -0.152. The van der Waals surface area contributed by atoms with E-state index >= 15 is 0 Å². The van der Waals surface area contributed by atoms with Crippen LogP contribution >= 0.6 is 0 Å². The van der Waals surface area contributed by atoms with E-state index < -0.39 is 18.7 Å². The van der Waals surface area contributed by atoms with Crippen LogP contribution in [-0.4, -0.2) is 41.3 Å².